The summed E-state index contributed by atoms with van der Waals surface area (Å²) in [5.41, 5.74) is 1.05. The lowest BCUT2D eigenvalue weighted by atomic mass is 10.2. The van der Waals surface area contributed by atoms with E-state index in [0.29, 0.717) is 6.54 Å². The fourth-order valence-electron chi connectivity index (χ4n) is 2.11. The van der Waals surface area contributed by atoms with Crippen LogP contribution < -0.4 is 10.9 Å². The molecule has 0 aliphatic carbocycles. The molecule has 5 heteroatoms. The molecule has 0 unspecified atom stereocenters. The number of anilines is 1. The summed E-state index contributed by atoms with van der Waals surface area (Å²) >= 11 is 1.59. The van der Waals surface area contributed by atoms with Crippen LogP contribution in [0.25, 0.3) is 10.1 Å². The van der Waals surface area contributed by atoms with Gasteiger partial charge in [0.1, 0.15) is 5.82 Å². The van der Waals surface area contributed by atoms with Gasteiger partial charge in [0, 0.05) is 29.7 Å². The number of hydrogen-bond donors (Lipinski definition) is 1. The van der Waals surface area contributed by atoms with E-state index >= 15 is 0 Å². The first kappa shape index (κ1) is 11.9. The van der Waals surface area contributed by atoms with Gasteiger partial charge in [-0.2, -0.15) is 0 Å². The standard InChI is InChI=1S/C14H13N3OS/c1-15-13-10(3-2-6-16-13)9-17-7-4-12-11(14(17)18)5-8-19-12/h2-8H,9H2,1H3,(H,15,16). The minimum atomic E-state index is 0.0460. The number of thiophene rings is 1. The Labute approximate surface area is 114 Å². The largest absolute Gasteiger partial charge is 0.373 e. The smallest absolute Gasteiger partial charge is 0.259 e. The van der Waals surface area contributed by atoms with Crippen LogP contribution in [0.4, 0.5) is 5.82 Å². The Balaban J connectivity index is 2.06. The number of rotatable bonds is 3. The van der Waals surface area contributed by atoms with Gasteiger partial charge in [0.2, 0.25) is 0 Å². The highest BCUT2D eigenvalue weighted by Crippen LogP contribution is 2.17. The molecule has 0 radical (unpaired) electrons. The summed E-state index contributed by atoms with van der Waals surface area (Å²) in [5.74, 6) is 0.805. The molecular formula is C14H13N3OS. The molecule has 0 saturated heterocycles. The minimum absolute atomic E-state index is 0.0460. The molecule has 1 N–H and O–H groups in total. The third-order valence-corrected chi connectivity index (χ3v) is 3.94. The van der Waals surface area contributed by atoms with Crippen molar-refractivity contribution in [3.05, 3.63) is 58.0 Å². The van der Waals surface area contributed by atoms with E-state index in [1.807, 2.05) is 42.9 Å². The third kappa shape index (κ3) is 2.13. The van der Waals surface area contributed by atoms with E-state index < -0.39 is 0 Å². The van der Waals surface area contributed by atoms with Gasteiger partial charge in [-0.15, -0.1) is 11.3 Å². The zero-order chi connectivity index (χ0) is 13.2. The molecule has 3 aromatic rings. The Morgan fingerprint density at radius 2 is 2.26 bits per heavy atom. The second-order valence-corrected chi connectivity index (χ2v) is 5.16. The van der Waals surface area contributed by atoms with Gasteiger partial charge in [-0.25, -0.2) is 4.98 Å². The minimum Gasteiger partial charge on any atom is -0.373 e. The van der Waals surface area contributed by atoms with Gasteiger partial charge >= 0.3 is 0 Å². The van der Waals surface area contributed by atoms with E-state index in [9.17, 15) is 4.79 Å². The molecule has 0 aliphatic rings. The molecule has 0 bridgehead atoms. The fourth-order valence-corrected chi connectivity index (χ4v) is 2.88. The Hall–Kier alpha value is -2.14. The van der Waals surface area contributed by atoms with Crippen molar-refractivity contribution in [2.75, 3.05) is 12.4 Å². The highest BCUT2D eigenvalue weighted by molar-refractivity contribution is 7.17. The molecular weight excluding hydrogens is 258 g/mol. The molecule has 0 spiro atoms. The summed E-state index contributed by atoms with van der Waals surface area (Å²) in [5, 5.41) is 5.77. The van der Waals surface area contributed by atoms with E-state index in [2.05, 4.69) is 10.3 Å². The Bertz CT molecular complexity index is 775. The SMILES string of the molecule is CNc1ncccc1Cn1ccc2sccc2c1=O. The van der Waals surface area contributed by atoms with E-state index in [-0.39, 0.29) is 5.56 Å². The monoisotopic (exact) mass is 271 g/mol. The summed E-state index contributed by atoms with van der Waals surface area (Å²) in [4.78, 5) is 16.6. The number of fused-ring (bicyclic) bond motifs is 1. The van der Waals surface area contributed by atoms with E-state index in [4.69, 9.17) is 0 Å². The molecule has 0 saturated carbocycles. The maximum Gasteiger partial charge on any atom is 0.259 e. The van der Waals surface area contributed by atoms with Crippen molar-refractivity contribution in [1.29, 1.82) is 0 Å². The maximum absolute atomic E-state index is 12.3. The topological polar surface area (TPSA) is 46.9 Å². The van der Waals surface area contributed by atoms with Crippen molar-refractivity contribution >= 4 is 27.2 Å². The molecule has 0 amide bonds. The highest BCUT2D eigenvalue weighted by atomic mass is 32.1. The van der Waals surface area contributed by atoms with Crippen molar-refractivity contribution in [1.82, 2.24) is 9.55 Å². The summed E-state index contributed by atoms with van der Waals surface area (Å²) in [6, 6.07) is 7.71. The van der Waals surface area contributed by atoms with E-state index in [1.165, 1.54) is 0 Å². The number of hydrogen-bond acceptors (Lipinski definition) is 4. The highest BCUT2D eigenvalue weighted by Gasteiger charge is 2.06. The van der Waals surface area contributed by atoms with Crippen molar-refractivity contribution < 1.29 is 0 Å². The molecule has 4 nitrogen and oxygen atoms in total. The molecule has 96 valence electrons. The number of pyridine rings is 2. The first-order valence-corrected chi connectivity index (χ1v) is 6.86. The average Bonchev–Trinajstić information content (AvgIpc) is 2.92. The molecule has 0 fully saturated rings. The first-order valence-electron chi connectivity index (χ1n) is 5.98. The van der Waals surface area contributed by atoms with E-state index in [1.54, 1.807) is 22.1 Å². The summed E-state index contributed by atoms with van der Waals surface area (Å²) in [6.45, 7) is 0.522. The Kier molecular flexibility index (Phi) is 3.05. The second kappa shape index (κ2) is 4.85. The van der Waals surface area contributed by atoms with Crippen molar-refractivity contribution in [3.63, 3.8) is 0 Å². The lowest BCUT2D eigenvalue weighted by Gasteiger charge is -2.09. The van der Waals surface area contributed by atoms with E-state index in [0.717, 1.165) is 21.5 Å². The van der Waals surface area contributed by atoms with Crippen LogP contribution >= 0.6 is 11.3 Å². The number of nitrogens with one attached hydrogen (secondary N) is 1. The van der Waals surface area contributed by atoms with Gasteiger partial charge in [-0.1, -0.05) is 6.07 Å². The van der Waals surface area contributed by atoms with Gasteiger partial charge in [0.05, 0.1) is 11.9 Å². The normalized spacial score (nSPS) is 10.8. The van der Waals surface area contributed by atoms with Crippen molar-refractivity contribution in [2.24, 2.45) is 0 Å². The van der Waals surface area contributed by atoms with Crippen LogP contribution in [-0.2, 0) is 6.54 Å². The van der Waals surface area contributed by atoms with Crippen LogP contribution in [0.1, 0.15) is 5.56 Å². The van der Waals surface area contributed by atoms with Crippen LogP contribution in [-0.4, -0.2) is 16.6 Å². The van der Waals surface area contributed by atoms with Gasteiger partial charge in [-0.05, 0) is 23.6 Å². The van der Waals surface area contributed by atoms with Gasteiger partial charge in [0.25, 0.3) is 5.56 Å². The molecule has 0 aliphatic heterocycles. The molecule has 3 rings (SSSR count). The zero-order valence-electron chi connectivity index (χ0n) is 10.5. The van der Waals surface area contributed by atoms with Crippen LogP contribution in [0.3, 0.4) is 0 Å². The van der Waals surface area contributed by atoms with Crippen LogP contribution in [0, 0.1) is 0 Å². The fraction of sp³-hybridized carbons (Fsp3) is 0.143. The lowest BCUT2D eigenvalue weighted by Crippen LogP contribution is -2.20. The number of nitrogens with zero attached hydrogens (tertiary/aromatic N) is 2. The first-order chi connectivity index (χ1) is 9.29. The second-order valence-electron chi connectivity index (χ2n) is 4.21. The van der Waals surface area contributed by atoms with Crippen molar-refractivity contribution in [2.45, 2.75) is 6.54 Å². The molecule has 0 aromatic carbocycles. The number of aromatic nitrogens is 2. The predicted octanol–water partition coefficient (Wildman–Crippen LogP) is 2.55. The Morgan fingerprint density at radius 3 is 3.11 bits per heavy atom. The van der Waals surface area contributed by atoms with Crippen LogP contribution in [0.5, 0.6) is 0 Å². The van der Waals surface area contributed by atoms with Gasteiger partial charge < -0.3 is 9.88 Å². The average molecular weight is 271 g/mol. The zero-order valence-corrected chi connectivity index (χ0v) is 11.3. The predicted molar refractivity (Wildman–Crippen MR) is 79.0 cm³/mol. The third-order valence-electron chi connectivity index (χ3n) is 3.06. The van der Waals surface area contributed by atoms with Gasteiger partial charge in [0.15, 0.2) is 0 Å². The summed E-state index contributed by atoms with van der Waals surface area (Å²) in [6.07, 6.45) is 3.58. The van der Waals surface area contributed by atoms with Crippen LogP contribution in [0.2, 0.25) is 0 Å². The molecule has 3 heterocycles. The van der Waals surface area contributed by atoms with Crippen LogP contribution in [0.15, 0.2) is 46.8 Å². The Morgan fingerprint density at radius 1 is 1.37 bits per heavy atom. The van der Waals surface area contributed by atoms with Crippen molar-refractivity contribution in [3.8, 4) is 0 Å². The maximum atomic E-state index is 12.3. The lowest BCUT2D eigenvalue weighted by molar-refractivity contribution is 0.766. The molecule has 0 atom stereocenters. The molecule has 3 aromatic heterocycles. The van der Waals surface area contributed by atoms with Gasteiger partial charge in [-0.3, -0.25) is 4.79 Å². The summed E-state index contributed by atoms with van der Waals surface area (Å²) in [7, 11) is 1.83. The quantitative estimate of drug-likeness (QED) is 0.796. The summed E-state index contributed by atoms with van der Waals surface area (Å²) < 4.78 is 2.74. The molecule has 19 heavy (non-hydrogen) atoms.